The number of carboxylic acid groups (broad SMARTS) is 1. The van der Waals surface area contributed by atoms with Crippen molar-refractivity contribution in [2.75, 3.05) is 26.2 Å². The van der Waals surface area contributed by atoms with Crippen LogP contribution in [0, 0.1) is 5.92 Å². The Labute approximate surface area is 90.6 Å². The fourth-order valence-electron chi connectivity index (χ4n) is 2.86. The third-order valence-electron chi connectivity index (χ3n) is 3.64. The van der Waals surface area contributed by atoms with Crippen molar-refractivity contribution in [3.63, 3.8) is 0 Å². The summed E-state index contributed by atoms with van der Waals surface area (Å²) in [7, 11) is 0. The lowest BCUT2D eigenvalue weighted by atomic mass is 10.0. The lowest BCUT2D eigenvalue weighted by molar-refractivity contribution is -0.143. The molecule has 2 atom stereocenters. The molecule has 0 aromatic carbocycles. The van der Waals surface area contributed by atoms with Gasteiger partial charge in [0.1, 0.15) is 0 Å². The maximum absolute atomic E-state index is 11.1. The standard InChI is InChI=1S/C11H20N2O2/c14-11(15)9-3-1-4-10(9)13-7-2-5-12-6-8-13/h9-10,12H,1-8H2,(H,14,15). The van der Waals surface area contributed by atoms with Crippen molar-refractivity contribution in [2.45, 2.75) is 31.7 Å². The minimum absolute atomic E-state index is 0.122. The van der Waals surface area contributed by atoms with Crippen LogP contribution in [0.25, 0.3) is 0 Å². The third-order valence-corrected chi connectivity index (χ3v) is 3.64. The van der Waals surface area contributed by atoms with E-state index in [0.717, 1.165) is 51.9 Å². The number of carboxylic acids is 1. The summed E-state index contributed by atoms with van der Waals surface area (Å²) >= 11 is 0. The van der Waals surface area contributed by atoms with E-state index in [4.69, 9.17) is 5.11 Å². The van der Waals surface area contributed by atoms with Crippen LogP contribution >= 0.6 is 0 Å². The van der Waals surface area contributed by atoms with Crippen molar-refractivity contribution in [3.05, 3.63) is 0 Å². The molecule has 15 heavy (non-hydrogen) atoms. The summed E-state index contributed by atoms with van der Waals surface area (Å²) < 4.78 is 0. The van der Waals surface area contributed by atoms with Gasteiger partial charge in [-0.3, -0.25) is 9.69 Å². The number of aliphatic carboxylic acids is 1. The van der Waals surface area contributed by atoms with Crippen molar-refractivity contribution >= 4 is 5.97 Å². The van der Waals surface area contributed by atoms with Crippen LogP contribution in [0.1, 0.15) is 25.7 Å². The van der Waals surface area contributed by atoms with E-state index in [0.29, 0.717) is 6.04 Å². The molecule has 4 nitrogen and oxygen atoms in total. The highest BCUT2D eigenvalue weighted by Gasteiger charge is 2.36. The summed E-state index contributed by atoms with van der Waals surface area (Å²) in [5.41, 5.74) is 0. The van der Waals surface area contributed by atoms with E-state index in [2.05, 4.69) is 10.2 Å². The molecule has 1 aliphatic carbocycles. The molecule has 0 amide bonds. The Hall–Kier alpha value is -0.610. The number of rotatable bonds is 2. The zero-order valence-corrected chi connectivity index (χ0v) is 9.11. The van der Waals surface area contributed by atoms with Crippen molar-refractivity contribution in [1.82, 2.24) is 10.2 Å². The molecule has 1 saturated heterocycles. The Morgan fingerprint density at radius 1 is 1.20 bits per heavy atom. The molecule has 4 heteroatoms. The smallest absolute Gasteiger partial charge is 0.308 e. The lowest BCUT2D eigenvalue weighted by Crippen LogP contribution is -2.42. The van der Waals surface area contributed by atoms with Crippen LogP contribution in [-0.4, -0.2) is 48.2 Å². The molecule has 2 fully saturated rings. The molecular formula is C11H20N2O2. The van der Waals surface area contributed by atoms with Crippen LogP contribution < -0.4 is 5.32 Å². The van der Waals surface area contributed by atoms with Crippen LogP contribution in [-0.2, 0) is 4.79 Å². The topological polar surface area (TPSA) is 52.6 Å². The second-order valence-electron chi connectivity index (χ2n) is 4.58. The number of hydrogen-bond acceptors (Lipinski definition) is 3. The molecule has 0 spiro atoms. The Balaban J connectivity index is 1.97. The van der Waals surface area contributed by atoms with Gasteiger partial charge in [-0.05, 0) is 32.4 Å². The van der Waals surface area contributed by atoms with Crippen LogP contribution in [0.2, 0.25) is 0 Å². The Morgan fingerprint density at radius 2 is 2.07 bits per heavy atom. The highest BCUT2D eigenvalue weighted by atomic mass is 16.4. The lowest BCUT2D eigenvalue weighted by Gasteiger charge is -2.29. The van der Waals surface area contributed by atoms with Gasteiger partial charge in [-0.1, -0.05) is 6.42 Å². The predicted octanol–water partition coefficient (Wildman–Crippen LogP) is 0.535. The summed E-state index contributed by atoms with van der Waals surface area (Å²) in [6.07, 6.45) is 4.15. The molecule has 0 radical (unpaired) electrons. The van der Waals surface area contributed by atoms with Crippen LogP contribution in [0.3, 0.4) is 0 Å². The highest BCUT2D eigenvalue weighted by molar-refractivity contribution is 5.71. The van der Waals surface area contributed by atoms with Gasteiger partial charge in [-0.2, -0.15) is 0 Å². The van der Waals surface area contributed by atoms with E-state index in [1.54, 1.807) is 0 Å². The second kappa shape index (κ2) is 4.94. The zero-order valence-electron chi connectivity index (χ0n) is 9.11. The minimum Gasteiger partial charge on any atom is -0.481 e. The van der Waals surface area contributed by atoms with Gasteiger partial charge >= 0.3 is 5.97 Å². The molecule has 1 aliphatic heterocycles. The number of nitrogens with one attached hydrogen (secondary N) is 1. The average Bonchev–Trinajstić information content (AvgIpc) is 2.55. The first-order chi connectivity index (χ1) is 7.29. The molecule has 2 unspecified atom stereocenters. The summed E-state index contributed by atoms with van der Waals surface area (Å²) in [5, 5.41) is 12.5. The summed E-state index contributed by atoms with van der Waals surface area (Å²) in [6, 6.07) is 0.294. The van der Waals surface area contributed by atoms with E-state index in [1.807, 2.05) is 0 Å². The van der Waals surface area contributed by atoms with E-state index < -0.39 is 5.97 Å². The van der Waals surface area contributed by atoms with Crippen molar-refractivity contribution in [1.29, 1.82) is 0 Å². The van der Waals surface area contributed by atoms with Crippen LogP contribution in [0.5, 0.6) is 0 Å². The largest absolute Gasteiger partial charge is 0.481 e. The molecule has 2 aliphatic rings. The molecule has 86 valence electrons. The molecule has 1 heterocycles. The van der Waals surface area contributed by atoms with E-state index in [9.17, 15) is 4.79 Å². The SMILES string of the molecule is O=C(O)C1CCCC1N1CCCNCC1. The molecular weight excluding hydrogens is 192 g/mol. The van der Waals surface area contributed by atoms with Crippen molar-refractivity contribution in [2.24, 2.45) is 5.92 Å². The van der Waals surface area contributed by atoms with E-state index >= 15 is 0 Å². The van der Waals surface area contributed by atoms with Gasteiger partial charge in [-0.25, -0.2) is 0 Å². The third kappa shape index (κ3) is 2.49. The van der Waals surface area contributed by atoms with Gasteiger partial charge in [0.15, 0.2) is 0 Å². The Bertz CT molecular complexity index is 225. The average molecular weight is 212 g/mol. The quantitative estimate of drug-likeness (QED) is 0.701. The van der Waals surface area contributed by atoms with Gasteiger partial charge < -0.3 is 10.4 Å². The first-order valence-electron chi connectivity index (χ1n) is 5.96. The molecule has 0 aromatic heterocycles. The van der Waals surface area contributed by atoms with E-state index in [1.165, 1.54) is 0 Å². The highest BCUT2D eigenvalue weighted by Crippen LogP contribution is 2.30. The molecule has 0 bridgehead atoms. The Kier molecular flexibility index (Phi) is 3.59. The fourth-order valence-corrected chi connectivity index (χ4v) is 2.86. The van der Waals surface area contributed by atoms with Gasteiger partial charge in [-0.15, -0.1) is 0 Å². The monoisotopic (exact) mass is 212 g/mol. The predicted molar refractivity (Wildman–Crippen MR) is 57.8 cm³/mol. The van der Waals surface area contributed by atoms with Gasteiger partial charge in [0.2, 0.25) is 0 Å². The minimum atomic E-state index is -0.602. The summed E-state index contributed by atoms with van der Waals surface area (Å²) in [4.78, 5) is 13.5. The van der Waals surface area contributed by atoms with Gasteiger partial charge in [0, 0.05) is 19.1 Å². The summed E-state index contributed by atoms with van der Waals surface area (Å²) in [5.74, 6) is -0.724. The normalized spacial score (nSPS) is 33.9. The van der Waals surface area contributed by atoms with Gasteiger partial charge in [0.05, 0.1) is 5.92 Å². The molecule has 1 saturated carbocycles. The second-order valence-corrected chi connectivity index (χ2v) is 4.58. The van der Waals surface area contributed by atoms with Crippen LogP contribution in [0.4, 0.5) is 0 Å². The molecule has 0 aromatic rings. The zero-order chi connectivity index (χ0) is 10.7. The van der Waals surface area contributed by atoms with E-state index in [-0.39, 0.29) is 5.92 Å². The fraction of sp³-hybridized carbons (Fsp3) is 0.909. The van der Waals surface area contributed by atoms with Crippen molar-refractivity contribution < 1.29 is 9.90 Å². The van der Waals surface area contributed by atoms with Gasteiger partial charge in [0.25, 0.3) is 0 Å². The maximum atomic E-state index is 11.1. The van der Waals surface area contributed by atoms with Crippen LogP contribution in [0.15, 0.2) is 0 Å². The number of nitrogens with zero attached hydrogens (tertiary/aromatic N) is 1. The first-order valence-corrected chi connectivity index (χ1v) is 5.96. The molecule has 2 rings (SSSR count). The maximum Gasteiger partial charge on any atom is 0.308 e. The number of hydrogen-bond donors (Lipinski definition) is 2. The van der Waals surface area contributed by atoms with Crippen molar-refractivity contribution in [3.8, 4) is 0 Å². The Morgan fingerprint density at radius 3 is 2.87 bits per heavy atom. The molecule has 2 N–H and O–H groups in total. The number of carbonyl (C=O) groups is 1. The summed E-state index contributed by atoms with van der Waals surface area (Å²) in [6.45, 7) is 4.14. The first kappa shape index (κ1) is 10.9.